The molecule has 0 atom stereocenters. The molecule has 0 unspecified atom stereocenters. The van der Waals surface area contributed by atoms with Crippen LogP contribution in [0.15, 0.2) is 46.8 Å². The monoisotopic (exact) mass is 353 g/mol. The predicted molar refractivity (Wildman–Crippen MR) is 97.0 cm³/mol. The number of nitrogens with two attached hydrogens (primary N) is 1. The van der Waals surface area contributed by atoms with Crippen LogP contribution in [0.25, 0.3) is 10.8 Å². The quantitative estimate of drug-likeness (QED) is 0.605. The van der Waals surface area contributed by atoms with E-state index >= 15 is 0 Å². The number of hydrogen-bond acceptors (Lipinski definition) is 6. The van der Waals surface area contributed by atoms with Crippen LogP contribution in [0.3, 0.4) is 0 Å². The van der Waals surface area contributed by atoms with Gasteiger partial charge >= 0.3 is 0 Å². The molecular formula is C18H19N5O3. The summed E-state index contributed by atoms with van der Waals surface area (Å²) in [5.41, 5.74) is 5.39. The Hall–Kier alpha value is -3.42. The van der Waals surface area contributed by atoms with E-state index in [2.05, 4.69) is 15.3 Å². The lowest BCUT2D eigenvalue weighted by molar-refractivity contribution is 0.100. The summed E-state index contributed by atoms with van der Waals surface area (Å²) in [5.74, 6) is -0.765. The molecule has 3 aromatic rings. The second-order valence-corrected chi connectivity index (χ2v) is 6.36. The molecule has 8 heteroatoms. The fraction of sp³-hybridized carbons (Fsp3) is 0.222. The predicted octanol–water partition coefficient (Wildman–Crippen LogP) is 3.62. The summed E-state index contributed by atoms with van der Waals surface area (Å²) < 4.78 is 1.57. The van der Waals surface area contributed by atoms with Crippen molar-refractivity contribution >= 4 is 28.2 Å². The maximum atomic E-state index is 11.6. The molecule has 0 aliphatic rings. The number of amides is 1. The molecule has 0 aliphatic heterocycles. The Morgan fingerprint density at radius 2 is 2.00 bits per heavy atom. The fourth-order valence-corrected chi connectivity index (χ4v) is 2.63. The number of carbonyl (C=O) groups is 1. The summed E-state index contributed by atoms with van der Waals surface area (Å²) in [5, 5.41) is 33.7. The Bertz CT molecular complexity index is 1010. The second-order valence-electron chi connectivity index (χ2n) is 6.36. The second kappa shape index (κ2) is 6.83. The van der Waals surface area contributed by atoms with Crippen molar-refractivity contribution in [1.82, 2.24) is 9.78 Å². The number of nitrogens with zero attached hydrogens (tertiary/aromatic N) is 4. The van der Waals surface area contributed by atoms with Crippen molar-refractivity contribution in [3.63, 3.8) is 0 Å². The van der Waals surface area contributed by atoms with Crippen molar-refractivity contribution in [1.29, 1.82) is 0 Å². The number of azo groups is 1. The van der Waals surface area contributed by atoms with Gasteiger partial charge < -0.3 is 15.9 Å². The third-order valence-electron chi connectivity index (χ3n) is 3.78. The smallest absolute Gasteiger partial charge is 0.254 e. The van der Waals surface area contributed by atoms with Gasteiger partial charge in [-0.15, -0.1) is 10.2 Å². The van der Waals surface area contributed by atoms with Crippen molar-refractivity contribution in [2.24, 2.45) is 21.9 Å². The molecule has 3 rings (SSSR count). The molecular weight excluding hydrogens is 334 g/mol. The number of phenols is 2. The Labute approximate surface area is 149 Å². The van der Waals surface area contributed by atoms with Gasteiger partial charge in [-0.2, -0.15) is 5.10 Å². The minimum atomic E-state index is -0.680. The molecule has 0 radical (unpaired) electrons. The van der Waals surface area contributed by atoms with Crippen LogP contribution in [-0.2, 0) is 6.54 Å². The van der Waals surface area contributed by atoms with Gasteiger partial charge in [0.25, 0.3) is 5.91 Å². The van der Waals surface area contributed by atoms with E-state index in [0.717, 1.165) is 0 Å². The standard InChI is InChI=1S/C18H19N5O3/c1-10(2)8-23-9-13(17(19)26)18(22-23)21-20-15-14(24)7-11-5-3-4-6-12(11)16(15)25/h3-7,9-10,24-25H,8H2,1-2H3,(H2,19,26). The van der Waals surface area contributed by atoms with E-state index in [1.54, 1.807) is 28.9 Å². The molecule has 0 saturated carbocycles. The zero-order valence-electron chi connectivity index (χ0n) is 14.4. The molecule has 0 bridgehead atoms. The topological polar surface area (TPSA) is 126 Å². The number of rotatable bonds is 5. The van der Waals surface area contributed by atoms with Crippen LogP contribution in [0, 0.1) is 5.92 Å². The zero-order chi connectivity index (χ0) is 18.8. The molecule has 0 aliphatic carbocycles. The summed E-state index contributed by atoms with van der Waals surface area (Å²) in [6, 6.07) is 8.50. The molecule has 4 N–H and O–H groups in total. The molecule has 1 amide bonds. The van der Waals surface area contributed by atoms with Crippen LogP contribution in [0.1, 0.15) is 24.2 Å². The van der Waals surface area contributed by atoms with E-state index in [9.17, 15) is 15.0 Å². The lowest BCUT2D eigenvalue weighted by Crippen LogP contribution is -2.10. The number of fused-ring (bicyclic) bond motifs is 1. The van der Waals surface area contributed by atoms with Gasteiger partial charge in [0.15, 0.2) is 11.4 Å². The van der Waals surface area contributed by atoms with E-state index < -0.39 is 5.91 Å². The number of primary amides is 1. The molecule has 134 valence electrons. The molecule has 0 spiro atoms. The molecule has 1 aromatic heterocycles. The van der Waals surface area contributed by atoms with Crippen LogP contribution >= 0.6 is 0 Å². The average molecular weight is 353 g/mol. The van der Waals surface area contributed by atoms with Gasteiger partial charge in [0.05, 0.1) is 0 Å². The Morgan fingerprint density at radius 3 is 2.69 bits per heavy atom. The van der Waals surface area contributed by atoms with E-state index in [4.69, 9.17) is 5.73 Å². The van der Waals surface area contributed by atoms with Crippen LogP contribution in [0.4, 0.5) is 11.5 Å². The normalized spacial score (nSPS) is 11.7. The first kappa shape index (κ1) is 17.4. The van der Waals surface area contributed by atoms with Crippen LogP contribution < -0.4 is 5.73 Å². The van der Waals surface area contributed by atoms with E-state index in [1.807, 2.05) is 13.8 Å². The minimum absolute atomic E-state index is 0.0325. The highest BCUT2D eigenvalue weighted by atomic mass is 16.3. The maximum Gasteiger partial charge on any atom is 0.254 e. The van der Waals surface area contributed by atoms with Gasteiger partial charge in [0.1, 0.15) is 11.3 Å². The molecule has 26 heavy (non-hydrogen) atoms. The third kappa shape index (κ3) is 3.34. The summed E-state index contributed by atoms with van der Waals surface area (Å²) in [7, 11) is 0. The van der Waals surface area contributed by atoms with Gasteiger partial charge in [-0.3, -0.25) is 9.48 Å². The first-order valence-corrected chi connectivity index (χ1v) is 8.09. The summed E-state index contributed by atoms with van der Waals surface area (Å²) in [6.07, 6.45) is 1.51. The molecule has 2 aromatic carbocycles. The zero-order valence-corrected chi connectivity index (χ0v) is 14.4. The number of aromatic nitrogens is 2. The summed E-state index contributed by atoms with van der Waals surface area (Å²) >= 11 is 0. The molecule has 1 heterocycles. The summed E-state index contributed by atoms with van der Waals surface area (Å²) in [4.78, 5) is 11.6. The van der Waals surface area contributed by atoms with Crippen LogP contribution in [0.5, 0.6) is 11.5 Å². The Kier molecular flexibility index (Phi) is 4.57. The lowest BCUT2D eigenvalue weighted by atomic mass is 10.1. The van der Waals surface area contributed by atoms with Crippen molar-refractivity contribution in [2.45, 2.75) is 20.4 Å². The molecule has 0 saturated heterocycles. The number of phenolic OH excluding ortho intramolecular Hbond substituents is 2. The van der Waals surface area contributed by atoms with Crippen molar-refractivity contribution < 1.29 is 15.0 Å². The first-order chi connectivity index (χ1) is 12.4. The minimum Gasteiger partial charge on any atom is -0.505 e. The highest BCUT2D eigenvalue weighted by molar-refractivity contribution is 5.97. The highest BCUT2D eigenvalue weighted by Gasteiger charge is 2.16. The first-order valence-electron chi connectivity index (χ1n) is 8.09. The van der Waals surface area contributed by atoms with E-state index in [0.29, 0.717) is 23.2 Å². The fourth-order valence-electron chi connectivity index (χ4n) is 2.63. The average Bonchev–Trinajstić information content (AvgIpc) is 2.97. The van der Waals surface area contributed by atoms with Gasteiger partial charge in [-0.1, -0.05) is 38.1 Å². The molecule has 0 fully saturated rings. The van der Waals surface area contributed by atoms with Gasteiger partial charge in [-0.05, 0) is 17.4 Å². The lowest BCUT2D eigenvalue weighted by Gasteiger charge is -2.05. The number of carbonyl (C=O) groups excluding carboxylic acids is 1. The third-order valence-corrected chi connectivity index (χ3v) is 3.78. The van der Waals surface area contributed by atoms with Gasteiger partial charge in [0.2, 0.25) is 5.82 Å². The number of benzene rings is 2. The van der Waals surface area contributed by atoms with Crippen LogP contribution in [0.2, 0.25) is 0 Å². The van der Waals surface area contributed by atoms with Crippen molar-refractivity contribution in [2.75, 3.05) is 0 Å². The summed E-state index contributed by atoms with van der Waals surface area (Å²) in [6.45, 7) is 4.61. The highest BCUT2D eigenvalue weighted by Crippen LogP contribution is 2.42. The number of aromatic hydroxyl groups is 2. The van der Waals surface area contributed by atoms with E-state index in [1.165, 1.54) is 12.3 Å². The molecule has 8 nitrogen and oxygen atoms in total. The Balaban J connectivity index is 2.04. The maximum absolute atomic E-state index is 11.6. The Morgan fingerprint density at radius 1 is 1.27 bits per heavy atom. The van der Waals surface area contributed by atoms with Gasteiger partial charge in [-0.25, -0.2) is 0 Å². The largest absolute Gasteiger partial charge is 0.505 e. The SMILES string of the molecule is CC(C)Cn1cc(C(N)=O)c(N=Nc2c(O)cc3ccccc3c2O)n1. The van der Waals surface area contributed by atoms with Crippen LogP contribution in [-0.4, -0.2) is 25.9 Å². The van der Waals surface area contributed by atoms with Gasteiger partial charge in [0, 0.05) is 18.1 Å². The van der Waals surface area contributed by atoms with Crippen molar-refractivity contribution in [3.05, 3.63) is 42.1 Å². The van der Waals surface area contributed by atoms with Crippen molar-refractivity contribution in [3.8, 4) is 11.5 Å². The van der Waals surface area contributed by atoms with E-state index in [-0.39, 0.29) is 28.6 Å². The number of hydrogen-bond donors (Lipinski definition) is 3.